The molecule has 0 unspecified atom stereocenters. The number of carboxylic acids is 1. The van der Waals surface area contributed by atoms with Crippen LogP contribution in [0.25, 0.3) is 5.52 Å². The van der Waals surface area contributed by atoms with Crippen LogP contribution in [0.3, 0.4) is 0 Å². The highest BCUT2D eigenvalue weighted by Crippen LogP contribution is 2.37. The summed E-state index contributed by atoms with van der Waals surface area (Å²) in [6, 6.07) is 7.39. The number of sulfone groups is 1. The molecule has 1 N–H and O–H groups in total. The summed E-state index contributed by atoms with van der Waals surface area (Å²) >= 11 is 7.36. The maximum atomic E-state index is 13.8. The summed E-state index contributed by atoms with van der Waals surface area (Å²) in [6.45, 7) is 1.78. The Labute approximate surface area is 164 Å². The van der Waals surface area contributed by atoms with E-state index in [2.05, 4.69) is 0 Å². The Morgan fingerprint density at radius 3 is 2.59 bits per heavy atom. The van der Waals surface area contributed by atoms with Crippen molar-refractivity contribution in [3.8, 4) is 0 Å². The fourth-order valence-electron chi connectivity index (χ4n) is 2.85. The van der Waals surface area contributed by atoms with Gasteiger partial charge in [0.05, 0.1) is 26.9 Å². The first-order valence-electron chi connectivity index (χ1n) is 7.76. The maximum absolute atomic E-state index is 13.8. The predicted octanol–water partition coefficient (Wildman–Crippen LogP) is 4.22. The highest BCUT2D eigenvalue weighted by molar-refractivity contribution is 7.99. The third-order valence-corrected chi connectivity index (χ3v) is 6.82. The van der Waals surface area contributed by atoms with E-state index in [-0.39, 0.29) is 16.3 Å². The van der Waals surface area contributed by atoms with Crippen LogP contribution in [0.15, 0.2) is 51.3 Å². The smallest absolute Gasteiger partial charge is 0.307 e. The van der Waals surface area contributed by atoms with Crippen LogP contribution in [0.1, 0.15) is 11.1 Å². The molecule has 0 amide bonds. The summed E-state index contributed by atoms with van der Waals surface area (Å²) in [5.41, 5.74) is 1.93. The quantitative estimate of drug-likeness (QED) is 0.659. The monoisotopic (exact) mass is 427 g/mol. The number of hydrogen-bond acceptors (Lipinski definition) is 4. The average molecular weight is 428 g/mol. The molecule has 27 heavy (non-hydrogen) atoms. The minimum absolute atomic E-state index is 0.0304. The number of nitrogens with zero attached hydrogens (tertiary/aromatic N) is 1. The van der Waals surface area contributed by atoms with Crippen LogP contribution < -0.4 is 0 Å². The molecule has 142 valence electrons. The zero-order valence-electron chi connectivity index (χ0n) is 14.4. The number of carboxylic acid groups (broad SMARTS) is 1. The number of aromatic nitrogens is 1. The first-order chi connectivity index (χ1) is 12.6. The Balaban J connectivity index is 2.12. The molecule has 0 fully saturated rings. The summed E-state index contributed by atoms with van der Waals surface area (Å²) in [6.07, 6.45) is 2.19. The van der Waals surface area contributed by atoms with Crippen LogP contribution >= 0.6 is 23.4 Å². The summed E-state index contributed by atoms with van der Waals surface area (Å²) < 4.78 is 38.8. The van der Waals surface area contributed by atoms with Gasteiger partial charge >= 0.3 is 5.97 Å². The molecule has 1 aromatic carbocycles. The number of carbonyl (C=O) groups is 1. The Kier molecular flexibility index (Phi) is 5.24. The third kappa shape index (κ3) is 3.97. The maximum Gasteiger partial charge on any atom is 0.307 e. The number of fused-ring (bicyclic) bond motifs is 1. The van der Waals surface area contributed by atoms with Crippen molar-refractivity contribution in [1.82, 2.24) is 4.40 Å². The lowest BCUT2D eigenvalue weighted by Gasteiger charge is -2.07. The van der Waals surface area contributed by atoms with E-state index in [4.69, 9.17) is 11.6 Å². The lowest BCUT2D eigenvalue weighted by atomic mass is 10.1. The summed E-state index contributed by atoms with van der Waals surface area (Å²) in [7, 11) is -3.44. The van der Waals surface area contributed by atoms with Gasteiger partial charge in [-0.1, -0.05) is 23.4 Å². The number of halogens is 2. The highest BCUT2D eigenvalue weighted by atomic mass is 35.5. The molecule has 0 saturated heterocycles. The van der Waals surface area contributed by atoms with Crippen LogP contribution in [0.5, 0.6) is 0 Å². The van der Waals surface area contributed by atoms with Crippen LogP contribution in [-0.4, -0.2) is 30.2 Å². The van der Waals surface area contributed by atoms with Crippen molar-refractivity contribution < 1.29 is 22.7 Å². The van der Waals surface area contributed by atoms with Gasteiger partial charge in [0.1, 0.15) is 5.82 Å². The van der Waals surface area contributed by atoms with Gasteiger partial charge in [-0.25, -0.2) is 12.8 Å². The van der Waals surface area contributed by atoms with E-state index < -0.39 is 21.6 Å². The number of hydrogen-bond donors (Lipinski definition) is 1. The number of aliphatic carboxylic acids is 1. The molecule has 3 aromatic rings. The van der Waals surface area contributed by atoms with Gasteiger partial charge in [0, 0.05) is 17.3 Å². The van der Waals surface area contributed by atoms with Gasteiger partial charge in [-0.05, 0) is 48.4 Å². The lowest BCUT2D eigenvalue weighted by molar-refractivity contribution is -0.136. The molecule has 0 aliphatic heterocycles. The molecule has 0 atom stereocenters. The molecule has 0 spiro atoms. The van der Waals surface area contributed by atoms with Gasteiger partial charge in [-0.2, -0.15) is 0 Å². The molecule has 2 heterocycles. The molecule has 0 bridgehead atoms. The molecular weight excluding hydrogens is 413 g/mol. The third-order valence-electron chi connectivity index (χ3n) is 4.06. The first-order valence-corrected chi connectivity index (χ1v) is 10.8. The Hall–Kier alpha value is -2.03. The zero-order chi connectivity index (χ0) is 19.9. The topological polar surface area (TPSA) is 75.8 Å². The van der Waals surface area contributed by atoms with Gasteiger partial charge in [0.25, 0.3) is 0 Å². The largest absolute Gasteiger partial charge is 0.481 e. The molecule has 0 aliphatic rings. The van der Waals surface area contributed by atoms with E-state index in [1.165, 1.54) is 36.2 Å². The molecule has 0 saturated carbocycles. The van der Waals surface area contributed by atoms with Crippen LogP contribution in [0.4, 0.5) is 4.39 Å². The van der Waals surface area contributed by atoms with Gasteiger partial charge in [-0.3, -0.25) is 4.79 Å². The van der Waals surface area contributed by atoms with Gasteiger partial charge < -0.3 is 9.51 Å². The van der Waals surface area contributed by atoms with Crippen molar-refractivity contribution in [3.05, 3.63) is 58.5 Å². The fourth-order valence-corrected chi connectivity index (χ4v) is 5.30. The van der Waals surface area contributed by atoms with Crippen molar-refractivity contribution in [3.63, 3.8) is 0 Å². The Bertz CT molecular complexity index is 1170. The molecule has 9 heteroatoms. The van der Waals surface area contributed by atoms with Gasteiger partial charge in [-0.15, -0.1) is 0 Å². The molecule has 2 aromatic heterocycles. The van der Waals surface area contributed by atoms with E-state index in [1.807, 2.05) is 0 Å². The minimum atomic E-state index is -3.44. The lowest BCUT2D eigenvalue weighted by Crippen LogP contribution is -2.00. The zero-order valence-corrected chi connectivity index (χ0v) is 16.8. The molecule has 5 nitrogen and oxygen atoms in total. The first kappa shape index (κ1) is 19.7. The average Bonchev–Trinajstić information content (AvgIpc) is 2.78. The van der Waals surface area contributed by atoms with E-state index >= 15 is 0 Å². The highest BCUT2D eigenvalue weighted by Gasteiger charge is 2.19. The summed E-state index contributed by atoms with van der Waals surface area (Å²) in [4.78, 5) is 11.9. The second kappa shape index (κ2) is 7.18. The van der Waals surface area contributed by atoms with E-state index in [0.29, 0.717) is 21.0 Å². The fraction of sp³-hybridized carbons (Fsp3) is 0.167. The normalized spacial score (nSPS) is 11.9. The van der Waals surface area contributed by atoms with Crippen molar-refractivity contribution in [1.29, 1.82) is 0 Å². The summed E-state index contributed by atoms with van der Waals surface area (Å²) in [5.74, 6) is -1.43. The number of benzene rings is 1. The molecular formula is C18H15ClFNO4S2. The number of pyridine rings is 1. The Morgan fingerprint density at radius 1 is 1.30 bits per heavy atom. The standard InChI is InChI=1S/C18H15ClFNO4S2/c1-10-13(8-17(22)23)15-5-3-11(20)9-21(15)18(10)26-12-4-6-16(14(19)7-12)27(2,24)25/h3-7,9H,8H2,1-2H3,(H,22,23). The molecule has 0 radical (unpaired) electrons. The van der Waals surface area contributed by atoms with Crippen LogP contribution in [0.2, 0.25) is 5.02 Å². The SMILES string of the molecule is Cc1c(CC(=O)O)c2ccc(F)cn2c1Sc1ccc(S(C)(=O)=O)c(Cl)c1. The summed E-state index contributed by atoms with van der Waals surface area (Å²) in [5, 5.41) is 9.92. The second-order valence-corrected chi connectivity index (χ2v) is 9.50. The van der Waals surface area contributed by atoms with Crippen LogP contribution in [-0.2, 0) is 21.1 Å². The minimum Gasteiger partial charge on any atom is -0.481 e. The number of rotatable bonds is 5. The molecule has 0 aliphatic carbocycles. The van der Waals surface area contributed by atoms with Crippen molar-refractivity contribution in [2.24, 2.45) is 0 Å². The van der Waals surface area contributed by atoms with E-state index in [9.17, 15) is 22.7 Å². The van der Waals surface area contributed by atoms with E-state index in [1.54, 1.807) is 23.5 Å². The Morgan fingerprint density at radius 2 is 2.00 bits per heavy atom. The van der Waals surface area contributed by atoms with Gasteiger partial charge in [0.15, 0.2) is 9.84 Å². The van der Waals surface area contributed by atoms with Crippen molar-refractivity contribution >= 4 is 44.7 Å². The molecule has 3 rings (SSSR count). The second-order valence-electron chi connectivity index (χ2n) is 6.05. The predicted molar refractivity (Wildman–Crippen MR) is 102 cm³/mol. The van der Waals surface area contributed by atoms with Crippen molar-refractivity contribution in [2.75, 3.05) is 6.26 Å². The van der Waals surface area contributed by atoms with E-state index in [0.717, 1.165) is 11.8 Å². The van der Waals surface area contributed by atoms with Crippen LogP contribution in [0, 0.1) is 12.7 Å². The van der Waals surface area contributed by atoms with Crippen molar-refractivity contribution in [2.45, 2.75) is 28.2 Å². The van der Waals surface area contributed by atoms with Gasteiger partial charge in [0.2, 0.25) is 0 Å².